The third kappa shape index (κ3) is 2.80. The van der Waals surface area contributed by atoms with Gasteiger partial charge in [0.05, 0.1) is 5.92 Å². The first kappa shape index (κ1) is 13.4. The number of carbonyl (C=O) groups excluding carboxylic acids is 1. The molecule has 2 unspecified atom stereocenters. The summed E-state index contributed by atoms with van der Waals surface area (Å²) in [6.45, 7) is 3.64. The Kier molecular flexibility index (Phi) is 3.92. The first-order valence-corrected chi connectivity index (χ1v) is 7.47. The zero-order chi connectivity index (χ0) is 13.9. The Labute approximate surface area is 119 Å². The Morgan fingerprint density at radius 3 is 2.85 bits per heavy atom. The molecule has 2 aliphatic heterocycles. The highest BCUT2D eigenvalue weighted by Crippen LogP contribution is 2.34. The summed E-state index contributed by atoms with van der Waals surface area (Å²) in [7, 11) is 0. The molecule has 3 rings (SSSR count). The van der Waals surface area contributed by atoms with E-state index in [1.807, 2.05) is 12.1 Å². The number of rotatable bonds is 2. The Morgan fingerprint density at radius 1 is 1.30 bits per heavy atom. The average molecular weight is 274 g/mol. The van der Waals surface area contributed by atoms with Crippen LogP contribution in [-0.2, 0) is 9.53 Å². The zero-order valence-corrected chi connectivity index (χ0v) is 11.9. The molecule has 2 N–H and O–H groups in total. The van der Waals surface area contributed by atoms with Crippen molar-refractivity contribution >= 4 is 11.6 Å². The van der Waals surface area contributed by atoms with Crippen LogP contribution in [0.5, 0.6) is 0 Å². The second-order valence-electron chi connectivity index (χ2n) is 5.82. The van der Waals surface area contributed by atoms with E-state index >= 15 is 0 Å². The van der Waals surface area contributed by atoms with E-state index in [0.29, 0.717) is 6.04 Å². The summed E-state index contributed by atoms with van der Waals surface area (Å²) in [5.41, 5.74) is 2.22. The maximum atomic E-state index is 12.6. The fourth-order valence-corrected chi connectivity index (χ4v) is 3.13. The van der Waals surface area contributed by atoms with Gasteiger partial charge in [-0.2, -0.15) is 0 Å². The number of para-hydroxylation sites is 1. The van der Waals surface area contributed by atoms with Gasteiger partial charge < -0.3 is 15.4 Å². The molecule has 0 radical (unpaired) electrons. The van der Waals surface area contributed by atoms with Gasteiger partial charge in [0.25, 0.3) is 0 Å². The van der Waals surface area contributed by atoms with E-state index in [2.05, 4.69) is 29.7 Å². The van der Waals surface area contributed by atoms with Crippen molar-refractivity contribution in [2.45, 2.75) is 44.2 Å². The summed E-state index contributed by atoms with van der Waals surface area (Å²) in [5, 5.41) is 6.65. The predicted molar refractivity (Wildman–Crippen MR) is 78.9 cm³/mol. The molecule has 2 atom stereocenters. The average Bonchev–Trinajstić information content (AvgIpc) is 2.47. The van der Waals surface area contributed by atoms with E-state index < -0.39 is 0 Å². The van der Waals surface area contributed by atoms with E-state index in [1.54, 1.807) is 0 Å². The summed E-state index contributed by atoms with van der Waals surface area (Å²) < 4.78 is 5.34. The van der Waals surface area contributed by atoms with Crippen molar-refractivity contribution in [1.29, 1.82) is 0 Å². The number of amides is 1. The van der Waals surface area contributed by atoms with Crippen molar-refractivity contribution in [1.82, 2.24) is 5.32 Å². The lowest BCUT2D eigenvalue weighted by Crippen LogP contribution is -2.43. The van der Waals surface area contributed by atoms with Gasteiger partial charge in [0.15, 0.2) is 0 Å². The van der Waals surface area contributed by atoms with Crippen LogP contribution >= 0.6 is 0 Å². The van der Waals surface area contributed by atoms with Crippen LogP contribution < -0.4 is 10.6 Å². The van der Waals surface area contributed by atoms with Crippen LogP contribution in [0.25, 0.3) is 0 Å². The number of nitrogens with one attached hydrogen (secondary N) is 2. The fraction of sp³-hybridized carbons (Fsp3) is 0.562. The molecule has 0 aliphatic carbocycles. The Balaban J connectivity index is 1.74. The van der Waals surface area contributed by atoms with Gasteiger partial charge in [-0.25, -0.2) is 0 Å². The predicted octanol–water partition coefficient (Wildman–Crippen LogP) is 2.27. The molecule has 1 fully saturated rings. The lowest BCUT2D eigenvalue weighted by Gasteiger charge is -2.32. The van der Waals surface area contributed by atoms with E-state index in [-0.39, 0.29) is 17.9 Å². The van der Waals surface area contributed by atoms with Crippen LogP contribution in [0.15, 0.2) is 24.3 Å². The minimum absolute atomic E-state index is 0.0368. The molecule has 108 valence electrons. The van der Waals surface area contributed by atoms with Crippen molar-refractivity contribution in [3.05, 3.63) is 29.8 Å². The maximum Gasteiger partial charge on any atom is 0.227 e. The monoisotopic (exact) mass is 274 g/mol. The normalized spacial score (nSPS) is 26.4. The summed E-state index contributed by atoms with van der Waals surface area (Å²) in [6.07, 6.45) is 2.70. The van der Waals surface area contributed by atoms with Crippen molar-refractivity contribution in [3.63, 3.8) is 0 Å². The van der Waals surface area contributed by atoms with Crippen molar-refractivity contribution in [2.75, 3.05) is 18.5 Å². The second kappa shape index (κ2) is 5.83. The maximum absolute atomic E-state index is 12.6. The number of ether oxygens (including phenoxy) is 1. The fourth-order valence-electron chi connectivity index (χ4n) is 3.13. The molecule has 4 heteroatoms. The summed E-state index contributed by atoms with van der Waals surface area (Å²) in [4.78, 5) is 12.6. The van der Waals surface area contributed by atoms with Gasteiger partial charge in [0.2, 0.25) is 5.91 Å². The van der Waals surface area contributed by atoms with Crippen molar-refractivity contribution in [3.8, 4) is 0 Å². The largest absolute Gasteiger partial charge is 0.382 e. The number of fused-ring (bicyclic) bond motifs is 1. The highest BCUT2D eigenvalue weighted by atomic mass is 16.5. The molecule has 0 spiro atoms. The van der Waals surface area contributed by atoms with Gasteiger partial charge in [-0.15, -0.1) is 0 Å². The topological polar surface area (TPSA) is 50.4 Å². The Bertz CT molecular complexity index is 483. The highest BCUT2D eigenvalue weighted by molar-refractivity contribution is 5.86. The lowest BCUT2D eigenvalue weighted by molar-refractivity contribution is -0.124. The van der Waals surface area contributed by atoms with E-state index in [0.717, 1.165) is 43.7 Å². The first-order chi connectivity index (χ1) is 9.74. The minimum atomic E-state index is -0.0368. The molecule has 1 aromatic carbocycles. The third-order valence-electron chi connectivity index (χ3n) is 4.21. The molecule has 0 saturated carbocycles. The summed E-state index contributed by atoms with van der Waals surface area (Å²) in [6, 6.07) is 8.73. The van der Waals surface area contributed by atoms with Gasteiger partial charge in [-0.3, -0.25) is 4.79 Å². The lowest BCUT2D eigenvalue weighted by atomic mass is 9.86. The summed E-state index contributed by atoms with van der Waals surface area (Å²) in [5.74, 6) is 0.128. The van der Waals surface area contributed by atoms with Crippen molar-refractivity contribution in [2.24, 2.45) is 0 Å². The van der Waals surface area contributed by atoms with Crippen molar-refractivity contribution < 1.29 is 9.53 Å². The van der Waals surface area contributed by atoms with E-state index in [9.17, 15) is 4.79 Å². The number of anilines is 1. The van der Waals surface area contributed by atoms with Gasteiger partial charge in [-0.1, -0.05) is 18.2 Å². The number of carbonyl (C=O) groups is 1. The molecule has 0 aromatic heterocycles. The molecule has 20 heavy (non-hydrogen) atoms. The molecular weight excluding hydrogens is 252 g/mol. The number of benzene rings is 1. The van der Waals surface area contributed by atoms with Crippen LogP contribution in [0, 0.1) is 0 Å². The van der Waals surface area contributed by atoms with Gasteiger partial charge in [0.1, 0.15) is 0 Å². The van der Waals surface area contributed by atoms with Crippen LogP contribution in [0.1, 0.15) is 37.7 Å². The number of hydrogen-bond acceptors (Lipinski definition) is 3. The Morgan fingerprint density at radius 2 is 2.05 bits per heavy atom. The molecule has 2 heterocycles. The quantitative estimate of drug-likeness (QED) is 0.870. The molecule has 2 aliphatic rings. The number of hydrogen-bond donors (Lipinski definition) is 2. The van der Waals surface area contributed by atoms with Gasteiger partial charge >= 0.3 is 0 Å². The molecule has 0 bridgehead atoms. The second-order valence-corrected chi connectivity index (χ2v) is 5.82. The standard InChI is InChI=1S/C16H22N2O2/c1-11-10-14(13-4-2-3-5-15(13)17-11)16(19)18-12-6-8-20-9-7-12/h2-5,11-12,14,17H,6-10H2,1H3,(H,18,19). The molecule has 4 nitrogen and oxygen atoms in total. The van der Waals surface area contributed by atoms with Crippen LogP contribution in [0.4, 0.5) is 5.69 Å². The van der Waals surface area contributed by atoms with E-state index in [1.165, 1.54) is 0 Å². The molecule has 1 amide bonds. The molecule has 1 saturated heterocycles. The Hall–Kier alpha value is -1.55. The highest BCUT2D eigenvalue weighted by Gasteiger charge is 2.30. The smallest absolute Gasteiger partial charge is 0.227 e. The third-order valence-corrected chi connectivity index (χ3v) is 4.21. The van der Waals surface area contributed by atoms with Crippen LogP contribution in [0.2, 0.25) is 0 Å². The van der Waals surface area contributed by atoms with Crippen LogP contribution in [-0.4, -0.2) is 31.2 Å². The zero-order valence-electron chi connectivity index (χ0n) is 11.9. The van der Waals surface area contributed by atoms with Crippen LogP contribution in [0.3, 0.4) is 0 Å². The first-order valence-electron chi connectivity index (χ1n) is 7.47. The van der Waals surface area contributed by atoms with Gasteiger partial charge in [-0.05, 0) is 37.8 Å². The molecule has 1 aromatic rings. The van der Waals surface area contributed by atoms with Gasteiger partial charge in [0, 0.05) is 31.0 Å². The summed E-state index contributed by atoms with van der Waals surface area (Å²) >= 11 is 0. The SMILES string of the molecule is CC1CC(C(=O)NC2CCOCC2)c2ccccc2N1. The van der Waals surface area contributed by atoms with E-state index in [4.69, 9.17) is 4.74 Å². The molecular formula is C16H22N2O2. The minimum Gasteiger partial charge on any atom is -0.382 e.